The Labute approximate surface area is 133 Å². The van der Waals surface area contributed by atoms with Crippen LogP contribution in [0.15, 0.2) is 57.7 Å². The van der Waals surface area contributed by atoms with Gasteiger partial charge < -0.3 is 9.32 Å². The first-order valence-corrected chi connectivity index (χ1v) is 7.42. The average molecular weight is 310 g/mol. The van der Waals surface area contributed by atoms with Crippen LogP contribution in [0, 0.1) is 6.92 Å². The van der Waals surface area contributed by atoms with Gasteiger partial charge >= 0.3 is 5.76 Å². The fourth-order valence-electron chi connectivity index (χ4n) is 2.48. The fourth-order valence-corrected chi connectivity index (χ4v) is 2.48. The average Bonchev–Trinajstić information content (AvgIpc) is 2.85. The van der Waals surface area contributed by atoms with Crippen molar-refractivity contribution in [3.63, 3.8) is 0 Å². The van der Waals surface area contributed by atoms with Gasteiger partial charge in [-0.3, -0.25) is 9.36 Å². The third kappa shape index (κ3) is 3.18. The molecule has 3 rings (SSSR count). The quantitative estimate of drug-likeness (QED) is 0.744. The van der Waals surface area contributed by atoms with E-state index in [9.17, 15) is 9.59 Å². The van der Waals surface area contributed by atoms with E-state index in [1.165, 1.54) is 10.1 Å². The number of amides is 1. The number of carbonyl (C=O) groups is 1. The molecule has 0 saturated heterocycles. The van der Waals surface area contributed by atoms with Crippen LogP contribution in [-0.4, -0.2) is 22.4 Å². The molecule has 3 aromatic rings. The van der Waals surface area contributed by atoms with Gasteiger partial charge in [0.1, 0.15) is 6.54 Å². The summed E-state index contributed by atoms with van der Waals surface area (Å²) in [6, 6.07) is 15.1. The second-order valence-electron chi connectivity index (χ2n) is 5.66. The van der Waals surface area contributed by atoms with E-state index < -0.39 is 5.76 Å². The number of fused-ring (bicyclic) bond motifs is 1. The highest BCUT2D eigenvalue weighted by molar-refractivity contribution is 5.79. The third-order valence-corrected chi connectivity index (χ3v) is 3.83. The number of hydrogen-bond donors (Lipinski definition) is 0. The SMILES string of the molecule is Cc1ccc(CN(C)C(=O)Cn2c(=O)oc3ccccc32)cc1. The number of oxazole rings is 1. The Bertz CT molecular complexity index is 891. The van der Waals surface area contributed by atoms with Gasteiger partial charge in [0.05, 0.1) is 5.52 Å². The summed E-state index contributed by atoms with van der Waals surface area (Å²) in [5.74, 6) is -0.650. The first kappa shape index (κ1) is 15.1. The Morgan fingerprint density at radius 1 is 1.13 bits per heavy atom. The Morgan fingerprint density at radius 3 is 2.57 bits per heavy atom. The van der Waals surface area contributed by atoms with Crippen LogP contribution in [0.4, 0.5) is 0 Å². The molecule has 0 saturated carbocycles. The minimum Gasteiger partial charge on any atom is -0.408 e. The van der Waals surface area contributed by atoms with E-state index in [4.69, 9.17) is 4.42 Å². The van der Waals surface area contributed by atoms with Gasteiger partial charge in [-0.05, 0) is 24.6 Å². The van der Waals surface area contributed by atoms with Gasteiger partial charge in [0.15, 0.2) is 5.58 Å². The van der Waals surface area contributed by atoms with Gasteiger partial charge in [-0.25, -0.2) is 4.79 Å². The molecule has 1 aromatic heterocycles. The number of likely N-dealkylation sites (N-methyl/N-ethyl adjacent to an activating group) is 1. The minimum atomic E-state index is -0.511. The second kappa shape index (κ2) is 6.12. The zero-order chi connectivity index (χ0) is 16.4. The van der Waals surface area contributed by atoms with E-state index in [1.807, 2.05) is 37.3 Å². The van der Waals surface area contributed by atoms with Crippen LogP contribution < -0.4 is 5.76 Å². The van der Waals surface area contributed by atoms with Crippen molar-refractivity contribution in [3.8, 4) is 0 Å². The summed E-state index contributed by atoms with van der Waals surface area (Å²) in [6.45, 7) is 2.50. The molecule has 0 unspecified atom stereocenters. The molecular formula is C18H18N2O3. The van der Waals surface area contributed by atoms with Crippen LogP contribution in [0.5, 0.6) is 0 Å². The Morgan fingerprint density at radius 2 is 1.83 bits per heavy atom. The van der Waals surface area contributed by atoms with Crippen molar-refractivity contribution in [2.24, 2.45) is 0 Å². The van der Waals surface area contributed by atoms with E-state index >= 15 is 0 Å². The molecule has 2 aromatic carbocycles. The number of benzene rings is 2. The highest BCUT2D eigenvalue weighted by Gasteiger charge is 2.15. The van der Waals surface area contributed by atoms with Crippen molar-refractivity contribution in [1.82, 2.24) is 9.47 Å². The molecule has 1 heterocycles. The number of aryl methyl sites for hydroxylation is 1. The lowest BCUT2D eigenvalue weighted by atomic mass is 10.1. The smallest absolute Gasteiger partial charge is 0.408 e. The molecule has 0 bridgehead atoms. The van der Waals surface area contributed by atoms with Crippen molar-refractivity contribution in [3.05, 3.63) is 70.2 Å². The molecule has 0 atom stereocenters. The molecule has 23 heavy (non-hydrogen) atoms. The fraction of sp³-hybridized carbons (Fsp3) is 0.222. The largest absolute Gasteiger partial charge is 0.420 e. The zero-order valence-corrected chi connectivity index (χ0v) is 13.2. The molecule has 118 valence electrons. The first-order chi connectivity index (χ1) is 11.0. The molecule has 5 heteroatoms. The monoisotopic (exact) mass is 310 g/mol. The molecule has 5 nitrogen and oxygen atoms in total. The van der Waals surface area contributed by atoms with Crippen LogP contribution in [0.3, 0.4) is 0 Å². The molecule has 0 aliphatic rings. The Hall–Kier alpha value is -2.82. The summed E-state index contributed by atoms with van der Waals surface area (Å²) in [7, 11) is 1.73. The second-order valence-corrected chi connectivity index (χ2v) is 5.66. The number of nitrogens with zero attached hydrogens (tertiary/aromatic N) is 2. The van der Waals surface area contributed by atoms with Gasteiger partial charge in [-0.2, -0.15) is 0 Å². The summed E-state index contributed by atoms with van der Waals surface area (Å²) in [4.78, 5) is 25.9. The van der Waals surface area contributed by atoms with Crippen LogP contribution in [0.2, 0.25) is 0 Å². The van der Waals surface area contributed by atoms with Crippen molar-refractivity contribution in [2.45, 2.75) is 20.0 Å². The normalized spacial score (nSPS) is 10.9. The van der Waals surface area contributed by atoms with Crippen molar-refractivity contribution in [2.75, 3.05) is 7.05 Å². The van der Waals surface area contributed by atoms with Gasteiger partial charge in [0, 0.05) is 13.6 Å². The summed E-state index contributed by atoms with van der Waals surface area (Å²) >= 11 is 0. The van der Waals surface area contributed by atoms with Gasteiger partial charge in [0.25, 0.3) is 0 Å². The Kier molecular flexibility index (Phi) is 4.02. The third-order valence-electron chi connectivity index (χ3n) is 3.83. The maximum atomic E-state index is 12.4. The maximum Gasteiger partial charge on any atom is 0.420 e. The topological polar surface area (TPSA) is 55.5 Å². The van der Waals surface area contributed by atoms with Gasteiger partial charge in [-0.15, -0.1) is 0 Å². The molecule has 0 fully saturated rings. The van der Waals surface area contributed by atoms with Crippen molar-refractivity contribution in [1.29, 1.82) is 0 Å². The molecule has 0 aliphatic heterocycles. The van der Waals surface area contributed by atoms with Crippen LogP contribution >= 0.6 is 0 Å². The van der Waals surface area contributed by atoms with Crippen LogP contribution in [-0.2, 0) is 17.9 Å². The summed E-state index contributed by atoms with van der Waals surface area (Å²) in [6.07, 6.45) is 0. The standard InChI is InChI=1S/C18H18N2O3/c1-13-7-9-14(10-8-13)11-19(2)17(21)12-20-15-5-3-4-6-16(15)23-18(20)22/h3-10H,11-12H2,1-2H3. The summed E-state index contributed by atoms with van der Waals surface area (Å²) in [5, 5.41) is 0. The van der Waals surface area contributed by atoms with Crippen LogP contribution in [0.25, 0.3) is 11.1 Å². The highest BCUT2D eigenvalue weighted by atomic mass is 16.4. The van der Waals surface area contributed by atoms with Gasteiger partial charge in [0.2, 0.25) is 5.91 Å². The molecule has 0 spiro atoms. The van der Waals surface area contributed by atoms with E-state index in [-0.39, 0.29) is 12.5 Å². The van der Waals surface area contributed by atoms with Gasteiger partial charge in [-0.1, -0.05) is 42.0 Å². The lowest BCUT2D eigenvalue weighted by molar-refractivity contribution is -0.131. The number of carbonyl (C=O) groups excluding carboxylic acids is 1. The summed E-state index contributed by atoms with van der Waals surface area (Å²) in [5.41, 5.74) is 3.36. The number of para-hydroxylation sites is 2. The highest BCUT2D eigenvalue weighted by Crippen LogP contribution is 2.12. The molecule has 0 aliphatic carbocycles. The van der Waals surface area contributed by atoms with Crippen LogP contribution in [0.1, 0.15) is 11.1 Å². The van der Waals surface area contributed by atoms with E-state index in [0.717, 1.165) is 5.56 Å². The minimum absolute atomic E-state index is 0.0296. The predicted molar refractivity (Wildman–Crippen MR) is 88.1 cm³/mol. The molecule has 0 N–H and O–H groups in total. The Balaban J connectivity index is 1.76. The maximum absolute atomic E-state index is 12.4. The van der Waals surface area contributed by atoms with E-state index in [1.54, 1.807) is 30.1 Å². The van der Waals surface area contributed by atoms with Crippen molar-refractivity contribution >= 4 is 17.0 Å². The number of rotatable bonds is 4. The molecular weight excluding hydrogens is 292 g/mol. The molecule has 1 amide bonds. The van der Waals surface area contributed by atoms with E-state index in [2.05, 4.69) is 0 Å². The summed E-state index contributed by atoms with van der Waals surface area (Å²) < 4.78 is 6.51. The predicted octanol–water partition coefficient (Wildman–Crippen LogP) is 2.56. The number of hydrogen-bond acceptors (Lipinski definition) is 3. The van der Waals surface area contributed by atoms with E-state index in [0.29, 0.717) is 17.6 Å². The zero-order valence-electron chi connectivity index (χ0n) is 13.2. The number of aromatic nitrogens is 1. The lowest BCUT2D eigenvalue weighted by Crippen LogP contribution is -2.32. The first-order valence-electron chi connectivity index (χ1n) is 7.42. The molecule has 0 radical (unpaired) electrons. The van der Waals surface area contributed by atoms with Crippen molar-refractivity contribution < 1.29 is 9.21 Å². The lowest BCUT2D eigenvalue weighted by Gasteiger charge is -2.17.